The van der Waals surface area contributed by atoms with Crippen molar-refractivity contribution in [2.75, 3.05) is 10.6 Å². The molecule has 0 saturated heterocycles. The quantitative estimate of drug-likeness (QED) is 0.514. The van der Waals surface area contributed by atoms with Crippen LogP contribution in [-0.2, 0) is 0 Å². The smallest absolute Gasteiger partial charge is 0.276 e. The molecule has 0 aliphatic heterocycles. The van der Waals surface area contributed by atoms with Gasteiger partial charge in [0.05, 0.1) is 11.2 Å². The van der Waals surface area contributed by atoms with Crippen molar-refractivity contribution in [1.82, 2.24) is 15.2 Å². The molecule has 0 radical (unpaired) electrons. The van der Waals surface area contributed by atoms with Gasteiger partial charge in [-0.3, -0.25) is 9.78 Å². The van der Waals surface area contributed by atoms with Crippen LogP contribution in [0.5, 0.6) is 0 Å². The minimum atomic E-state index is -0.351. The Hall–Kier alpha value is -3.51. The van der Waals surface area contributed by atoms with Crippen LogP contribution in [0.25, 0.3) is 10.9 Å². The molecule has 2 heterocycles. The third-order valence-corrected chi connectivity index (χ3v) is 4.48. The number of pyridine rings is 1. The Kier molecular flexibility index (Phi) is 4.87. The molecule has 0 atom stereocenters. The number of fused-ring (bicyclic) bond motifs is 1. The highest BCUT2D eigenvalue weighted by atomic mass is 35.5. The van der Waals surface area contributed by atoms with Crippen LogP contribution in [0.1, 0.15) is 16.1 Å². The number of carbonyl (C=O) groups is 1. The zero-order valence-electron chi connectivity index (χ0n) is 15.0. The second kappa shape index (κ2) is 7.62. The summed E-state index contributed by atoms with van der Waals surface area (Å²) < 4.78 is 0. The Balaban J connectivity index is 1.52. The Morgan fingerprint density at radius 2 is 1.82 bits per heavy atom. The summed E-state index contributed by atoms with van der Waals surface area (Å²) in [5.41, 5.74) is 3.42. The monoisotopic (exact) mass is 389 g/mol. The van der Waals surface area contributed by atoms with Crippen LogP contribution in [0.2, 0.25) is 5.02 Å². The molecule has 0 bridgehead atoms. The Labute approximate surface area is 166 Å². The fourth-order valence-corrected chi connectivity index (χ4v) is 2.95. The number of aromatic nitrogens is 3. The van der Waals surface area contributed by atoms with Crippen LogP contribution in [0.15, 0.2) is 66.9 Å². The minimum absolute atomic E-state index is 0.209. The molecular formula is C21H16ClN5O. The number of rotatable bonds is 4. The molecule has 0 spiro atoms. The normalized spacial score (nSPS) is 10.6. The lowest BCUT2D eigenvalue weighted by molar-refractivity contribution is 0.102. The number of carbonyl (C=O) groups excluding carboxylic acids is 1. The van der Waals surface area contributed by atoms with Crippen molar-refractivity contribution in [3.8, 4) is 0 Å². The lowest BCUT2D eigenvalue weighted by Crippen LogP contribution is -2.15. The van der Waals surface area contributed by atoms with E-state index < -0.39 is 0 Å². The Morgan fingerprint density at radius 1 is 0.964 bits per heavy atom. The van der Waals surface area contributed by atoms with E-state index in [1.54, 1.807) is 30.5 Å². The molecule has 1 amide bonds. The van der Waals surface area contributed by atoms with E-state index >= 15 is 0 Å². The number of anilines is 3. The van der Waals surface area contributed by atoms with Gasteiger partial charge in [0.2, 0.25) is 0 Å². The molecule has 0 aliphatic carbocycles. The summed E-state index contributed by atoms with van der Waals surface area (Å²) >= 11 is 5.99. The molecule has 0 unspecified atom stereocenters. The van der Waals surface area contributed by atoms with Crippen molar-refractivity contribution in [1.29, 1.82) is 0 Å². The third kappa shape index (κ3) is 3.77. The summed E-state index contributed by atoms with van der Waals surface area (Å²) in [5.74, 6) is 0.171. The van der Waals surface area contributed by atoms with Crippen molar-refractivity contribution >= 4 is 45.6 Å². The van der Waals surface area contributed by atoms with Crippen molar-refractivity contribution in [2.45, 2.75) is 6.92 Å². The summed E-state index contributed by atoms with van der Waals surface area (Å²) in [7, 11) is 0. The van der Waals surface area contributed by atoms with Gasteiger partial charge in [0.25, 0.3) is 5.91 Å². The van der Waals surface area contributed by atoms with Crippen LogP contribution in [-0.4, -0.2) is 21.1 Å². The average Bonchev–Trinajstić information content (AvgIpc) is 2.71. The highest BCUT2D eigenvalue weighted by Gasteiger charge is 2.11. The molecule has 0 fully saturated rings. The van der Waals surface area contributed by atoms with E-state index in [-0.39, 0.29) is 11.6 Å². The zero-order valence-corrected chi connectivity index (χ0v) is 15.7. The van der Waals surface area contributed by atoms with Crippen molar-refractivity contribution in [3.63, 3.8) is 0 Å². The molecule has 28 heavy (non-hydrogen) atoms. The van der Waals surface area contributed by atoms with Gasteiger partial charge in [0, 0.05) is 22.3 Å². The largest absolute Gasteiger partial charge is 0.337 e. The lowest BCUT2D eigenvalue weighted by Gasteiger charge is -2.09. The van der Waals surface area contributed by atoms with Crippen molar-refractivity contribution < 1.29 is 4.79 Å². The van der Waals surface area contributed by atoms with Gasteiger partial charge < -0.3 is 10.6 Å². The predicted octanol–water partition coefficient (Wildman–Crippen LogP) is 4.98. The first-order chi connectivity index (χ1) is 13.6. The molecule has 0 saturated carbocycles. The first-order valence-corrected chi connectivity index (χ1v) is 9.00. The molecule has 0 aliphatic rings. The van der Waals surface area contributed by atoms with E-state index in [0.29, 0.717) is 16.5 Å². The van der Waals surface area contributed by atoms with Crippen LogP contribution < -0.4 is 10.6 Å². The topological polar surface area (TPSA) is 79.8 Å². The third-order valence-electron chi connectivity index (χ3n) is 4.24. The first kappa shape index (κ1) is 17.9. The predicted molar refractivity (Wildman–Crippen MR) is 111 cm³/mol. The van der Waals surface area contributed by atoms with E-state index in [1.165, 1.54) is 0 Å². The first-order valence-electron chi connectivity index (χ1n) is 8.62. The molecule has 7 heteroatoms. The maximum absolute atomic E-state index is 12.4. The van der Waals surface area contributed by atoms with E-state index in [1.807, 2.05) is 43.3 Å². The lowest BCUT2D eigenvalue weighted by atomic mass is 10.2. The standard InChI is InChI=1S/C21H16ClN5O/c1-13-7-8-15(22)12-18(13)25-21(28)17-9-10-19(27-26-17)24-16-6-2-4-14-5-3-11-23-20(14)16/h2-12H,1H3,(H,24,27)(H,25,28). The molecule has 6 nitrogen and oxygen atoms in total. The maximum Gasteiger partial charge on any atom is 0.276 e. The van der Waals surface area contributed by atoms with Crippen LogP contribution in [0.3, 0.4) is 0 Å². The summed E-state index contributed by atoms with van der Waals surface area (Å²) in [4.78, 5) is 16.8. The molecule has 4 aromatic rings. The molecule has 4 rings (SSSR count). The van der Waals surface area contributed by atoms with Crippen LogP contribution in [0.4, 0.5) is 17.2 Å². The van der Waals surface area contributed by atoms with Gasteiger partial charge in [0.15, 0.2) is 11.5 Å². The fourth-order valence-electron chi connectivity index (χ4n) is 2.78. The van der Waals surface area contributed by atoms with Gasteiger partial charge in [-0.1, -0.05) is 35.9 Å². The zero-order chi connectivity index (χ0) is 19.5. The SMILES string of the molecule is Cc1ccc(Cl)cc1NC(=O)c1ccc(Nc2cccc3cccnc23)nn1. The number of hydrogen-bond acceptors (Lipinski definition) is 5. The maximum atomic E-state index is 12.4. The highest BCUT2D eigenvalue weighted by Crippen LogP contribution is 2.24. The van der Waals surface area contributed by atoms with Gasteiger partial charge in [-0.15, -0.1) is 10.2 Å². The van der Waals surface area contributed by atoms with Gasteiger partial charge in [-0.2, -0.15) is 0 Å². The number of aryl methyl sites for hydroxylation is 1. The molecule has 2 aromatic heterocycles. The van der Waals surface area contributed by atoms with E-state index in [0.717, 1.165) is 22.2 Å². The van der Waals surface area contributed by atoms with E-state index in [4.69, 9.17) is 11.6 Å². The Bertz CT molecular complexity index is 1160. The fraction of sp³-hybridized carbons (Fsp3) is 0.0476. The van der Waals surface area contributed by atoms with Gasteiger partial charge in [-0.05, 0) is 48.9 Å². The van der Waals surface area contributed by atoms with Gasteiger partial charge in [0.1, 0.15) is 0 Å². The Morgan fingerprint density at radius 3 is 2.64 bits per heavy atom. The number of halogens is 1. The number of nitrogens with one attached hydrogen (secondary N) is 2. The number of amides is 1. The second-order valence-corrected chi connectivity index (χ2v) is 6.66. The minimum Gasteiger partial charge on any atom is -0.337 e. The average molecular weight is 390 g/mol. The number of nitrogens with zero attached hydrogens (tertiary/aromatic N) is 3. The van der Waals surface area contributed by atoms with E-state index in [9.17, 15) is 4.79 Å². The number of benzene rings is 2. The summed E-state index contributed by atoms with van der Waals surface area (Å²) in [6, 6.07) is 18.4. The summed E-state index contributed by atoms with van der Waals surface area (Å²) in [5, 5.41) is 15.7. The van der Waals surface area contributed by atoms with Crippen molar-refractivity contribution in [2.24, 2.45) is 0 Å². The highest BCUT2D eigenvalue weighted by molar-refractivity contribution is 6.31. The summed E-state index contributed by atoms with van der Waals surface area (Å²) in [6.07, 6.45) is 1.74. The molecular weight excluding hydrogens is 374 g/mol. The van der Waals surface area contributed by atoms with Gasteiger partial charge >= 0.3 is 0 Å². The van der Waals surface area contributed by atoms with Crippen molar-refractivity contribution in [3.05, 3.63) is 83.1 Å². The molecule has 2 aromatic carbocycles. The number of para-hydroxylation sites is 1. The van der Waals surface area contributed by atoms with Crippen LogP contribution in [0, 0.1) is 6.92 Å². The molecule has 138 valence electrons. The number of hydrogen-bond donors (Lipinski definition) is 2. The molecule has 2 N–H and O–H groups in total. The van der Waals surface area contributed by atoms with Crippen LogP contribution >= 0.6 is 11.6 Å². The summed E-state index contributed by atoms with van der Waals surface area (Å²) in [6.45, 7) is 1.89. The van der Waals surface area contributed by atoms with E-state index in [2.05, 4.69) is 25.8 Å². The second-order valence-electron chi connectivity index (χ2n) is 6.22. The van der Waals surface area contributed by atoms with Gasteiger partial charge in [-0.25, -0.2) is 0 Å².